The van der Waals surface area contributed by atoms with Gasteiger partial charge >= 0.3 is 0 Å². The maximum absolute atomic E-state index is 12.8. The number of hydrogen-bond donors (Lipinski definition) is 1. The van der Waals surface area contributed by atoms with Gasteiger partial charge in [-0.2, -0.15) is 0 Å². The fourth-order valence-electron chi connectivity index (χ4n) is 2.94. The molecular formula is C16H20N2O2S. The van der Waals surface area contributed by atoms with Gasteiger partial charge in [-0.3, -0.25) is 4.79 Å². The highest BCUT2D eigenvalue weighted by atomic mass is 32.1. The minimum atomic E-state index is -0.569. The second kappa shape index (κ2) is 6.45. The Morgan fingerprint density at radius 2 is 2.19 bits per heavy atom. The smallest absolute Gasteiger partial charge is 0.245 e. The number of carbonyl (C=O) groups is 1. The highest BCUT2D eigenvalue weighted by Gasteiger charge is 2.31. The molecule has 1 saturated carbocycles. The van der Waals surface area contributed by atoms with E-state index >= 15 is 0 Å². The van der Waals surface area contributed by atoms with Gasteiger partial charge in [0.15, 0.2) is 0 Å². The lowest BCUT2D eigenvalue weighted by Crippen LogP contribution is -2.43. The van der Waals surface area contributed by atoms with E-state index < -0.39 is 6.04 Å². The maximum Gasteiger partial charge on any atom is 0.245 e. The number of nitrogens with zero attached hydrogens (tertiary/aromatic N) is 1. The van der Waals surface area contributed by atoms with Crippen molar-refractivity contribution in [3.05, 3.63) is 46.5 Å². The van der Waals surface area contributed by atoms with E-state index in [1.54, 1.807) is 6.26 Å². The van der Waals surface area contributed by atoms with E-state index in [0.717, 1.165) is 23.5 Å². The summed E-state index contributed by atoms with van der Waals surface area (Å²) in [4.78, 5) is 15.7. The van der Waals surface area contributed by atoms with Gasteiger partial charge in [0.2, 0.25) is 5.91 Å². The van der Waals surface area contributed by atoms with E-state index in [2.05, 4.69) is 0 Å². The van der Waals surface area contributed by atoms with Crippen LogP contribution in [0.15, 0.2) is 40.3 Å². The lowest BCUT2D eigenvalue weighted by molar-refractivity contribution is -0.136. The fourth-order valence-corrected chi connectivity index (χ4v) is 3.66. The molecule has 0 aliphatic heterocycles. The summed E-state index contributed by atoms with van der Waals surface area (Å²) in [6, 6.07) is 7.33. The zero-order chi connectivity index (χ0) is 14.7. The molecule has 0 saturated heterocycles. The molecule has 1 unspecified atom stereocenters. The molecule has 3 rings (SSSR count). The van der Waals surface area contributed by atoms with Crippen LogP contribution in [0.1, 0.15) is 42.4 Å². The van der Waals surface area contributed by atoms with Crippen molar-refractivity contribution in [1.29, 1.82) is 0 Å². The van der Waals surface area contributed by atoms with E-state index in [4.69, 9.17) is 10.2 Å². The molecule has 0 radical (unpaired) electrons. The van der Waals surface area contributed by atoms with Crippen molar-refractivity contribution in [2.24, 2.45) is 5.73 Å². The van der Waals surface area contributed by atoms with Crippen LogP contribution in [0.25, 0.3) is 0 Å². The maximum atomic E-state index is 12.8. The van der Waals surface area contributed by atoms with Gasteiger partial charge in [-0.15, -0.1) is 11.3 Å². The molecule has 1 amide bonds. The zero-order valence-electron chi connectivity index (χ0n) is 11.9. The molecule has 2 heterocycles. The van der Waals surface area contributed by atoms with Crippen LogP contribution in [0.2, 0.25) is 0 Å². The van der Waals surface area contributed by atoms with Crippen LogP contribution in [0.5, 0.6) is 0 Å². The average Bonchev–Trinajstić information content (AvgIpc) is 3.26. The van der Waals surface area contributed by atoms with Crippen molar-refractivity contribution < 1.29 is 9.21 Å². The van der Waals surface area contributed by atoms with Crippen LogP contribution in [-0.2, 0) is 11.3 Å². The second-order valence-corrected chi connectivity index (χ2v) is 6.46. The third-order valence-electron chi connectivity index (χ3n) is 4.07. The van der Waals surface area contributed by atoms with Gasteiger partial charge in [0.05, 0.1) is 12.8 Å². The molecule has 1 aliphatic carbocycles. The molecule has 21 heavy (non-hydrogen) atoms. The molecule has 0 spiro atoms. The molecule has 4 nitrogen and oxygen atoms in total. The monoisotopic (exact) mass is 304 g/mol. The molecule has 2 aromatic rings. The number of rotatable bonds is 5. The molecular weight excluding hydrogens is 284 g/mol. The standard InChI is InChI=1S/C16H20N2O2S/c17-15(14-8-4-10-21-14)16(19)18(12-5-1-2-6-12)11-13-7-3-9-20-13/h3-4,7-10,12,15H,1-2,5-6,11,17H2. The van der Waals surface area contributed by atoms with E-state index in [1.807, 2.05) is 34.5 Å². The minimum absolute atomic E-state index is 0.000694. The Labute approximate surface area is 128 Å². The first-order chi connectivity index (χ1) is 10.3. The van der Waals surface area contributed by atoms with Crippen LogP contribution in [-0.4, -0.2) is 16.8 Å². The number of thiophene rings is 1. The Morgan fingerprint density at radius 3 is 2.81 bits per heavy atom. The van der Waals surface area contributed by atoms with Crippen molar-refractivity contribution in [2.45, 2.75) is 44.3 Å². The summed E-state index contributed by atoms with van der Waals surface area (Å²) < 4.78 is 5.41. The molecule has 2 N–H and O–H groups in total. The van der Waals surface area contributed by atoms with Crippen molar-refractivity contribution in [3.8, 4) is 0 Å². The summed E-state index contributed by atoms with van der Waals surface area (Å²) in [5.74, 6) is 0.814. The first kappa shape index (κ1) is 14.4. The predicted octanol–water partition coefficient (Wildman–Crippen LogP) is 3.31. The third kappa shape index (κ3) is 3.19. The number of amides is 1. The van der Waals surface area contributed by atoms with Gasteiger partial charge in [0.1, 0.15) is 11.8 Å². The van der Waals surface area contributed by atoms with Gasteiger partial charge < -0.3 is 15.1 Å². The van der Waals surface area contributed by atoms with Crippen molar-refractivity contribution in [3.63, 3.8) is 0 Å². The molecule has 1 fully saturated rings. The Morgan fingerprint density at radius 1 is 1.38 bits per heavy atom. The van der Waals surface area contributed by atoms with Gasteiger partial charge in [-0.1, -0.05) is 18.9 Å². The van der Waals surface area contributed by atoms with Gasteiger partial charge in [-0.25, -0.2) is 0 Å². The van der Waals surface area contributed by atoms with E-state index in [-0.39, 0.29) is 11.9 Å². The minimum Gasteiger partial charge on any atom is -0.467 e. The Kier molecular flexibility index (Phi) is 4.41. The molecule has 0 bridgehead atoms. The third-order valence-corrected chi connectivity index (χ3v) is 5.03. The summed E-state index contributed by atoms with van der Waals surface area (Å²) in [5.41, 5.74) is 6.17. The van der Waals surface area contributed by atoms with Crippen LogP contribution in [0.3, 0.4) is 0 Å². The molecule has 0 aromatic carbocycles. The quantitative estimate of drug-likeness (QED) is 0.922. The Balaban J connectivity index is 1.78. The van der Waals surface area contributed by atoms with Gasteiger partial charge in [-0.05, 0) is 36.4 Å². The largest absolute Gasteiger partial charge is 0.467 e. The molecule has 1 atom stereocenters. The highest BCUT2D eigenvalue weighted by molar-refractivity contribution is 7.10. The predicted molar refractivity (Wildman–Crippen MR) is 82.8 cm³/mol. The van der Waals surface area contributed by atoms with Gasteiger partial charge in [0, 0.05) is 10.9 Å². The topological polar surface area (TPSA) is 59.5 Å². The fraction of sp³-hybridized carbons (Fsp3) is 0.438. The number of nitrogens with two attached hydrogens (primary N) is 1. The SMILES string of the molecule is NC(C(=O)N(Cc1ccco1)C1CCCC1)c1cccs1. The number of carbonyl (C=O) groups excluding carboxylic acids is 1. The Bertz CT molecular complexity index is 559. The van der Waals surface area contributed by atoms with Crippen molar-refractivity contribution in [1.82, 2.24) is 4.90 Å². The van der Waals surface area contributed by atoms with Crippen LogP contribution in [0, 0.1) is 0 Å². The van der Waals surface area contributed by atoms with E-state index in [9.17, 15) is 4.79 Å². The van der Waals surface area contributed by atoms with E-state index in [0.29, 0.717) is 6.54 Å². The zero-order valence-corrected chi connectivity index (χ0v) is 12.7. The summed E-state index contributed by atoms with van der Waals surface area (Å²) >= 11 is 1.53. The van der Waals surface area contributed by atoms with Crippen LogP contribution >= 0.6 is 11.3 Å². The molecule has 1 aliphatic rings. The molecule has 2 aromatic heterocycles. The molecule has 112 valence electrons. The second-order valence-electron chi connectivity index (χ2n) is 5.48. The van der Waals surface area contributed by atoms with Crippen LogP contribution in [0.4, 0.5) is 0 Å². The number of hydrogen-bond acceptors (Lipinski definition) is 4. The summed E-state index contributed by atoms with van der Waals surface area (Å²) in [6.07, 6.45) is 6.13. The first-order valence-corrected chi connectivity index (χ1v) is 8.25. The number of furan rings is 1. The lowest BCUT2D eigenvalue weighted by Gasteiger charge is -2.30. The first-order valence-electron chi connectivity index (χ1n) is 7.37. The van der Waals surface area contributed by atoms with Crippen LogP contribution < -0.4 is 5.73 Å². The van der Waals surface area contributed by atoms with E-state index in [1.165, 1.54) is 24.2 Å². The normalized spacial score (nSPS) is 17.0. The lowest BCUT2D eigenvalue weighted by atomic mass is 10.1. The average molecular weight is 304 g/mol. The van der Waals surface area contributed by atoms with Gasteiger partial charge in [0.25, 0.3) is 0 Å². The Hall–Kier alpha value is -1.59. The highest BCUT2D eigenvalue weighted by Crippen LogP contribution is 2.28. The van der Waals surface area contributed by atoms with Crippen molar-refractivity contribution in [2.75, 3.05) is 0 Å². The summed E-state index contributed by atoms with van der Waals surface area (Å²) in [6.45, 7) is 0.509. The summed E-state index contributed by atoms with van der Waals surface area (Å²) in [7, 11) is 0. The molecule has 5 heteroatoms. The summed E-state index contributed by atoms with van der Waals surface area (Å²) in [5, 5.41) is 1.95. The van der Waals surface area contributed by atoms with Crippen molar-refractivity contribution >= 4 is 17.2 Å².